The molecule has 2 rings (SSSR count). The second kappa shape index (κ2) is 5.87. The van der Waals surface area contributed by atoms with Crippen molar-refractivity contribution >= 4 is 11.6 Å². The van der Waals surface area contributed by atoms with Crippen molar-refractivity contribution in [3.63, 3.8) is 0 Å². The summed E-state index contributed by atoms with van der Waals surface area (Å²) in [7, 11) is 0. The lowest BCUT2D eigenvalue weighted by Crippen LogP contribution is -2.51. The van der Waals surface area contributed by atoms with Crippen molar-refractivity contribution in [2.24, 2.45) is 5.92 Å². The second-order valence-electron chi connectivity index (χ2n) is 4.65. The molecule has 0 aromatic heterocycles. The summed E-state index contributed by atoms with van der Waals surface area (Å²) in [5.74, 6) is -0.0437. The zero-order valence-corrected chi connectivity index (χ0v) is 10.7. The Kier molecular flexibility index (Phi) is 4.20. The van der Waals surface area contributed by atoms with Gasteiger partial charge in [-0.05, 0) is 37.0 Å². The van der Waals surface area contributed by atoms with E-state index >= 15 is 0 Å². The minimum Gasteiger partial charge on any atom is -0.396 e. The van der Waals surface area contributed by atoms with Gasteiger partial charge >= 0.3 is 0 Å². The highest BCUT2D eigenvalue weighted by Crippen LogP contribution is 2.21. The highest BCUT2D eigenvalue weighted by Gasteiger charge is 2.26. The summed E-state index contributed by atoms with van der Waals surface area (Å²) in [5, 5.41) is 10.8. The molecule has 18 heavy (non-hydrogen) atoms. The number of nitrogens with one attached hydrogen (secondary N) is 1. The van der Waals surface area contributed by atoms with E-state index in [-0.39, 0.29) is 18.4 Å². The number of carbonyl (C=O) groups is 1. The summed E-state index contributed by atoms with van der Waals surface area (Å²) in [5.41, 5.74) is 5.20. The van der Waals surface area contributed by atoms with Crippen molar-refractivity contribution in [3.8, 4) is 0 Å². The predicted molar refractivity (Wildman–Crippen MR) is 71.1 cm³/mol. The highest BCUT2D eigenvalue weighted by molar-refractivity contribution is 5.81. The molecule has 1 heterocycles. The Balaban J connectivity index is 2.05. The van der Waals surface area contributed by atoms with Gasteiger partial charge in [0, 0.05) is 19.1 Å². The van der Waals surface area contributed by atoms with Gasteiger partial charge in [-0.25, -0.2) is 0 Å². The Morgan fingerprint density at radius 2 is 2.33 bits per heavy atom. The Bertz CT molecular complexity index is 420. The van der Waals surface area contributed by atoms with Gasteiger partial charge < -0.3 is 5.11 Å². The van der Waals surface area contributed by atoms with Crippen LogP contribution in [-0.4, -0.2) is 24.2 Å². The molecule has 1 aromatic rings. The van der Waals surface area contributed by atoms with Crippen molar-refractivity contribution in [3.05, 3.63) is 29.8 Å². The first-order valence-electron chi connectivity index (χ1n) is 6.52. The number of aryl methyl sites for hydroxylation is 1. The van der Waals surface area contributed by atoms with E-state index in [1.807, 2.05) is 17.1 Å². The average Bonchev–Trinajstić information content (AvgIpc) is 2.41. The molecule has 0 aliphatic carbocycles. The molecule has 1 fully saturated rings. The number of hydrogen-bond acceptors (Lipinski definition) is 3. The molecule has 98 valence electrons. The number of carbonyl (C=O) groups excluding carboxylic acids is 1. The molecule has 1 aliphatic heterocycles. The van der Waals surface area contributed by atoms with Crippen LogP contribution in [-0.2, 0) is 11.2 Å². The molecule has 1 atom stereocenters. The third-order valence-corrected chi connectivity index (χ3v) is 3.43. The van der Waals surface area contributed by atoms with Crippen LogP contribution in [0.4, 0.5) is 5.69 Å². The molecule has 2 N–H and O–H groups in total. The number of hydrazine groups is 1. The lowest BCUT2D eigenvalue weighted by molar-refractivity contribution is -0.127. The molecule has 1 saturated heterocycles. The first-order chi connectivity index (χ1) is 8.74. The Morgan fingerprint density at radius 1 is 1.50 bits per heavy atom. The summed E-state index contributed by atoms with van der Waals surface area (Å²) in [6.45, 7) is 2.98. The molecular weight excluding hydrogens is 228 g/mol. The first-order valence-corrected chi connectivity index (χ1v) is 6.52. The number of rotatable bonds is 4. The SMILES string of the molecule is CCc1cccc(N2CCC(CCO)C(=O)N2)c1. The van der Waals surface area contributed by atoms with Crippen LogP contribution < -0.4 is 10.4 Å². The van der Waals surface area contributed by atoms with Crippen molar-refractivity contribution in [2.75, 3.05) is 18.2 Å². The van der Waals surface area contributed by atoms with Crippen molar-refractivity contribution < 1.29 is 9.90 Å². The molecular formula is C14H20N2O2. The third kappa shape index (κ3) is 2.82. The number of aliphatic hydroxyl groups excluding tert-OH is 1. The van der Waals surface area contributed by atoms with Gasteiger partial charge in [-0.3, -0.25) is 15.2 Å². The number of aliphatic hydroxyl groups is 1. The van der Waals surface area contributed by atoms with E-state index in [9.17, 15) is 4.79 Å². The fourth-order valence-corrected chi connectivity index (χ4v) is 2.27. The van der Waals surface area contributed by atoms with E-state index in [0.717, 1.165) is 25.1 Å². The van der Waals surface area contributed by atoms with E-state index in [4.69, 9.17) is 5.11 Å². The third-order valence-electron chi connectivity index (χ3n) is 3.43. The van der Waals surface area contributed by atoms with Gasteiger partial charge in [0.15, 0.2) is 0 Å². The first kappa shape index (κ1) is 12.9. The zero-order valence-electron chi connectivity index (χ0n) is 10.7. The van der Waals surface area contributed by atoms with Crippen molar-refractivity contribution in [1.82, 2.24) is 5.43 Å². The van der Waals surface area contributed by atoms with Gasteiger partial charge in [-0.15, -0.1) is 0 Å². The molecule has 4 heteroatoms. The number of hydrogen-bond donors (Lipinski definition) is 2. The Morgan fingerprint density at radius 3 is 3.00 bits per heavy atom. The fraction of sp³-hybridized carbons (Fsp3) is 0.500. The minimum atomic E-state index is -0.0550. The number of amides is 1. The molecule has 1 aromatic carbocycles. The van der Waals surface area contributed by atoms with E-state index in [1.54, 1.807) is 0 Å². The fourth-order valence-electron chi connectivity index (χ4n) is 2.27. The molecule has 0 spiro atoms. The van der Waals surface area contributed by atoms with Crippen LogP contribution in [0.2, 0.25) is 0 Å². The summed E-state index contributed by atoms with van der Waals surface area (Å²) >= 11 is 0. The van der Waals surface area contributed by atoms with Gasteiger partial charge in [0.2, 0.25) is 5.91 Å². The van der Waals surface area contributed by atoms with E-state index < -0.39 is 0 Å². The van der Waals surface area contributed by atoms with Crippen LogP contribution in [0.1, 0.15) is 25.3 Å². The second-order valence-corrected chi connectivity index (χ2v) is 4.65. The van der Waals surface area contributed by atoms with E-state index in [2.05, 4.69) is 24.5 Å². The number of benzene rings is 1. The molecule has 1 aliphatic rings. The van der Waals surface area contributed by atoms with Crippen molar-refractivity contribution in [1.29, 1.82) is 0 Å². The van der Waals surface area contributed by atoms with Gasteiger partial charge in [-0.1, -0.05) is 19.1 Å². The summed E-state index contributed by atoms with van der Waals surface area (Å²) in [6.07, 6.45) is 2.33. The van der Waals surface area contributed by atoms with Crippen LogP contribution in [0.25, 0.3) is 0 Å². The van der Waals surface area contributed by atoms with E-state index in [0.29, 0.717) is 6.42 Å². The molecule has 0 radical (unpaired) electrons. The zero-order chi connectivity index (χ0) is 13.0. The molecule has 1 amide bonds. The minimum absolute atomic E-state index is 0.0113. The Labute approximate surface area is 108 Å². The largest absolute Gasteiger partial charge is 0.396 e. The van der Waals surface area contributed by atoms with Crippen LogP contribution in [0.15, 0.2) is 24.3 Å². The summed E-state index contributed by atoms with van der Waals surface area (Å²) < 4.78 is 0. The maximum Gasteiger partial charge on any atom is 0.241 e. The Hall–Kier alpha value is -1.55. The molecule has 4 nitrogen and oxygen atoms in total. The highest BCUT2D eigenvalue weighted by atomic mass is 16.3. The maximum atomic E-state index is 11.9. The smallest absolute Gasteiger partial charge is 0.241 e. The number of nitrogens with zero attached hydrogens (tertiary/aromatic N) is 1. The van der Waals surface area contributed by atoms with Gasteiger partial charge in [0.1, 0.15) is 0 Å². The van der Waals surface area contributed by atoms with Crippen LogP contribution in [0, 0.1) is 5.92 Å². The standard InChI is InChI=1S/C14H20N2O2/c1-2-11-4-3-5-13(10-11)16-8-6-12(7-9-17)14(18)15-16/h3-5,10,12,17H,2,6-9H2,1H3,(H,15,18). The monoisotopic (exact) mass is 248 g/mol. The normalized spacial score (nSPS) is 19.8. The lowest BCUT2D eigenvalue weighted by atomic mass is 9.99. The topological polar surface area (TPSA) is 52.6 Å². The van der Waals surface area contributed by atoms with E-state index in [1.165, 1.54) is 5.56 Å². The van der Waals surface area contributed by atoms with Crippen LogP contribution >= 0.6 is 0 Å². The molecule has 1 unspecified atom stereocenters. The average molecular weight is 248 g/mol. The molecule has 0 bridgehead atoms. The van der Waals surface area contributed by atoms with Gasteiger partial charge in [-0.2, -0.15) is 0 Å². The van der Waals surface area contributed by atoms with Crippen molar-refractivity contribution in [2.45, 2.75) is 26.2 Å². The summed E-state index contributed by atoms with van der Waals surface area (Å²) in [4.78, 5) is 11.9. The van der Waals surface area contributed by atoms with Gasteiger partial charge in [0.05, 0.1) is 5.69 Å². The lowest BCUT2D eigenvalue weighted by Gasteiger charge is -2.33. The summed E-state index contributed by atoms with van der Waals surface area (Å²) in [6, 6.07) is 8.21. The van der Waals surface area contributed by atoms with Gasteiger partial charge in [0.25, 0.3) is 0 Å². The quantitative estimate of drug-likeness (QED) is 0.849. The van der Waals surface area contributed by atoms with Crippen LogP contribution in [0.5, 0.6) is 0 Å². The van der Waals surface area contributed by atoms with Crippen LogP contribution in [0.3, 0.4) is 0 Å². The predicted octanol–water partition coefficient (Wildman–Crippen LogP) is 1.49. The number of anilines is 1. The molecule has 0 saturated carbocycles. The maximum absolute atomic E-state index is 11.9.